The van der Waals surface area contributed by atoms with E-state index in [2.05, 4.69) is 20.8 Å². The minimum absolute atomic E-state index is 0.251. The van der Waals surface area contributed by atoms with Crippen LogP contribution in [0.4, 0.5) is 5.82 Å². The third-order valence-electron chi connectivity index (χ3n) is 4.02. The van der Waals surface area contributed by atoms with Crippen molar-refractivity contribution in [2.75, 3.05) is 5.32 Å². The minimum atomic E-state index is -0.251. The lowest BCUT2D eigenvalue weighted by Crippen LogP contribution is -2.24. The van der Waals surface area contributed by atoms with Crippen molar-refractivity contribution in [1.29, 1.82) is 0 Å². The molecular weight excluding hydrogens is 348 g/mol. The molecule has 0 aliphatic rings. The fraction of sp³-hybridized carbons (Fsp3) is 0.150. The van der Waals surface area contributed by atoms with Gasteiger partial charge >= 0.3 is 0 Å². The lowest BCUT2D eigenvalue weighted by molar-refractivity contribution is 0.0945. The highest BCUT2D eigenvalue weighted by Gasteiger charge is 2.09. The van der Waals surface area contributed by atoms with Crippen LogP contribution in [0.3, 0.4) is 0 Å². The number of aromatic nitrogens is 2. The van der Waals surface area contributed by atoms with Crippen molar-refractivity contribution in [2.45, 2.75) is 20.0 Å². The van der Waals surface area contributed by atoms with E-state index in [4.69, 9.17) is 11.6 Å². The van der Waals surface area contributed by atoms with Crippen LogP contribution in [0.5, 0.6) is 0 Å². The van der Waals surface area contributed by atoms with Gasteiger partial charge in [-0.3, -0.25) is 4.79 Å². The number of amides is 1. The highest BCUT2D eigenvalue weighted by molar-refractivity contribution is 6.31. The van der Waals surface area contributed by atoms with E-state index in [9.17, 15) is 4.79 Å². The number of anilines is 1. The second-order valence-electron chi connectivity index (χ2n) is 5.86. The molecule has 3 aromatic rings. The Morgan fingerprint density at radius 1 is 0.923 bits per heavy atom. The molecule has 5 nitrogen and oxygen atoms in total. The topological polar surface area (TPSA) is 66.9 Å². The van der Waals surface area contributed by atoms with E-state index in [0.717, 1.165) is 16.7 Å². The van der Waals surface area contributed by atoms with Crippen LogP contribution < -0.4 is 10.6 Å². The second-order valence-corrected chi connectivity index (χ2v) is 6.27. The number of carbonyl (C=O) groups is 1. The van der Waals surface area contributed by atoms with Gasteiger partial charge < -0.3 is 10.6 Å². The molecule has 0 fully saturated rings. The Morgan fingerprint density at radius 3 is 2.35 bits per heavy atom. The van der Waals surface area contributed by atoms with Crippen LogP contribution in [0.15, 0.2) is 60.7 Å². The molecule has 2 aromatic carbocycles. The van der Waals surface area contributed by atoms with Crippen molar-refractivity contribution < 1.29 is 4.79 Å². The first kappa shape index (κ1) is 17.9. The Balaban J connectivity index is 1.56. The molecule has 1 aromatic heterocycles. The Morgan fingerprint density at radius 2 is 1.65 bits per heavy atom. The van der Waals surface area contributed by atoms with E-state index < -0.39 is 0 Å². The van der Waals surface area contributed by atoms with Gasteiger partial charge in [-0.25, -0.2) is 0 Å². The Hall–Kier alpha value is -2.92. The summed E-state index contributed by atoms with van der Waals surface area (Å²) in [7, 11) is 0. The average molecular weight is 367 g/mol. The van der Waals surface area contributed by atoms with Gasteiger partial charge in [0.1, 0.15) is 5.82 Å². The lowest BCUT2D eigenvalue weighted by atomic mass is 10.1. The zero-order chi connectivity index (χ0) is 18.4. The first-order valence-corrected chi connectivity index (χ1v) is 8.65. The monoisotopic (exact) mass is 366 g/mol. The number of hydrogen-bond donors (Lipinski definition) is 2. The van der Waals surface area contributed by atoms with Crippen LogP contribution in [0.25, 0.3) is 0 Å². The van der Waals surface area contributed by atoms with Crippen molar-refractivity contribution in [3.05, 3.63) is 88.1 Å². The van der Waals surface area contributed by atoms with Crippen molar-refractivity contribution in [3.8, 4) is 0 Å². The lowest BCUT2D eigenvalue weighted by Gasteiger charge is -2.08. The van der Waals surface area contributed by atoms with Gasteiger partial charge in [0.15, 0.2) is 5.69 Å². The first-order valence-electron chi connectivity index (χ1n) is 8.27. The molecule has 2 N–H and O–H groups in total. The number of nitrogens with one attached hydrogen (secondary N) is 2. The quantitative estimate of drug-likeness (QED) is 0.692. The molecule has 1 amide bonds. The van der Waals surface area contributed by atoms with E-state index in [1.165, 1.54) is 0 Å². The summed E-state index contributed by atoms with van der Waals surface area (Å²) in [5.74, 6) is 0.332. The molecular formula is C20H19ClN4O. The average Bonchev–Trinajstić information content (AvgIpc) is 2.67. The smallest absolute Gasteiger partial charge is 0.272 e. The van der Waals surface area contributed by atoms with Crippen LogP contribution in [0.2, 0.25) is 5.02 Å². The van der Waals surface area contributed by atoms with Gasteiger partial charge in [0, 0.05) is 18.1 Å². The van der Waals surface area contributed by atoms with Crippen LogP contribution >= 0.6 is 11.6 Å². The summed E-state index contributed by atoms with van der Waals surface area (Å²) in [5.41, 5.74) is 3.46. The highest BCUT2D eigenvalue weighted by atomic mass is 35.5. The summed E-state index contributed by atoms with van der Waals surface area (Å²) in [6.45, 7) is 3.01. The van der Waals surface area contributed by atoms with Gasteiger partial charge in [0.25, 0.3) is 5.91 Å². The number of halogens is 1. The van der Waals surface area contributed by atoms with E-state index in [1.54, 1.807) is 12.1 Å². The van der Waals surface area contributed by atoms with Gasteiger partial charge in [-0.2, -0.15) is 0 Å². The maximum Gasteiger partial charge on any atom is 0.272 e. The number of carbonyl (C=O) groups excluding carboxylic acids is 1. The summed E-state index contributed by atoms with van der Waals surface area (Å²) in [4.78, 5) is 12.2. The van der Waals surface area contributed by atoms with Crippen molar-refractivity contribution in [2.24, 2.45) is 0 Å². The molecule has 0 unspecified atom stereocenters. The summed E-state index contributed by atoms with van der Waals surface area (Å²) >= 11 is 6.12. The van der Waals surface area contributed by atoms with Crippen LogP contribution in [0.1, 0.15) is 27.2 Å². The molecule has 26 heavy (non-hydrogen) atoms. The van der Waals surface area contributed by atoms with Crippen molar-refractivity contribution in [3.63, 3.8) is 0 Å². The molecule has 0 radical (unpaired) electrons. The summed E-state index contributed by atoms with van der Waals surface area (Å²) < 4.78 is 0. The normalized spacial score (nSPS) is 10.4. The molecule has 132 valence electrons. The fourth-order valence-electron chi connectivity index (χ4n) is 2.45. The van der Waals surface area contributed by atoms with E-state index in [0.29, 0.717) is 23.9 Å². The van der Waals surface area contributed by atoms with Crippen LogP contribution in [-0.4, -0.2) is 16.1 Å². The first-order chi connectivity index (χ1) is 12.6. The van der Waals surface area contributed by atoms with E-state index >= 15 is 0 Å². The molecule has 0 aliphatic heterocycles. The molecule has 0 aliphatic carbocycles. The summed E-state index contributed by atoms with van der Waals surface area (Å²) in [6, 6.07) is 18.9. The molecule has 6 heteroatoms. The number of hydrogen-bond acceptors (Lipinski definition) is 4. The maximum atomic E-state index is 12.2. The van der Waals surface area contributed by atoms with E-state index in [1.807, 2.05) is 55.5 Å². The number of rotatable bonds is 6. The largest absolute Gasteiger partial charge is 0.364 e. The molecule has 0 saturated carbocycles. The van der Waals surface area contributed by atoms with Gasteiger partial charge in [-0.1, -0.05) is 54.1 Å². The Labute approximate surface area is 157 Å². The molecule has 0 atom stereocenters. The zero-order valence-electron chi connectivity index (χ0n) is 14.4. The molecule has 3 rings (SSSR count). The number of benzene rings is 2. The van der Waals surface area contributed by atoms with Crippen molar-refractivity contribution in [1.82, 2.24) is 15.5 Å². The van der Waals surface area contributed by atoms with E-state index in [-0.39, 0.29) is 11.6 Å². The number of aryl methyl sites for hydroxylation is 1. The molecule has 0 saturated heterocycles. The van der Waals surface area contributed by atoms with Gasteiger partial charge in [-0.15, -0.1) is 10.2 Å². The Kier molecular flexibility index (Phi) is 5.81. The molecule has 0 bridgehead atoms. The third kappa shape index (κ3) is 4.58. The van der Waals surface area contributed by atoms with Crippen LogP contribution in [0, 0.1) is 6.92 Å². The standard InChI is InChI=1S/C20H19ClN4O/c1-14-6-2-3-7-15(14)12-23-20(26)18-10-11-19(25-24-18)22-13-16-8-4-5-9-17(16)21/h2-11H,12-13H2,1H3,(H,22,25)(H,23,26). The predicted octanol–water partition coefficient (Wildman–Crippen LogP) is 3.98. The highest BCUT2D eigenvalue weighted by Crippen LogP contribution is 2.16. The molecule has 0 spiro atoms. The SMILES string of the molecule is Cc1ccccc1CNC(=O)c1ccc(NCc2ccccc2Cl)nn1. The fourth-order valence-corrected chi connectivity index (χ4v) is 2.65. The van der Waals surface area contributed by atoms with Gasteiger partial charge in [0.2, 0.25) is 0 Å². The third-order valence-corrected chi connectivity index (χ3v) is 4.38. The zero-order valence-corrected chi connectivity index (χ0v) is 15.1. The second kappa shape index (κ2) is 8.45. The van der Waals surface area contributed by atoms with Gasteiger partial charge in [0.05, 0.1) is 0 Å². The minimum Gasteiger partial charge on any atom is -0.364 e. The van der Waals surface area contributed by atoms with Gasteiger partial charge in [-0.05, 0) is 41.8 Å². The summed E-state index contributed by atoms with van der Waals surface area (Å²) in [5, 5.41) is 14.7. The Bertz CT molecular complexity index is 896. The maximum absolute atomic E-state index is 12.2. The predicted molar refractivity (Wildman–Crippen MR) is 103 cm³/mol. The van der Waals surface area contributed by atoms with Crippen molar-refractivity contribution >= 4 is 23.3 Å². The molecule has 1 heterocycles. The van der Waals surface area contributed by atoms with Crippen LogP contribution in [-0.2, 0) is 13.1 Å². The number of nitrogens with zero attached hydrogens (tertiary/aromatic N) is 2. The summed E-state index contributed by atoms with van der Waals surface area (Å²) in [6.07, 6.45) is 0.